The van der Waals surface area contributed by atoms with Crippen LogP contribution in [0.2, 0.25) is 0 Å². The fourth-order valence-corrected chi connectivity index (χ4v) is 1.86. The molecule has 0 spiro atoms. The molecule has 1 amide bonds. The lowest BCUT2D eigenvalue weighted by Crippen LogP contribution is -2.48. The molecule has 1 aromatic rings. The Morgan fingerprint density at radius 3 is 2.40 bits per heavy atom. The fourth-order valence-electron chi connectivity index (χ4n) is 1.86. The van der Waals surface area contributed by atoms with Gasteiger partial charge in [0.1, 0.15) is 11.6 Å². The first kappa shape index (κ1) is 16.3. The van der Waals surface area contributed by atoms with Crippen LogP contribution in [0.5, 0.6) is 0 Å². The molecule has 1 rings (SSSR count). The molecular formula is C13H18F2N2O3. The number of hydrogen-bond acceptors (Lipinski definition) is 3. The van der Waals surface area contributed by atoms with Gasteiger partial charge in [-0.05, 0) is 30.7 Å². The van der Waals surface area contributed by atoms with Crippen molar-refractivity contribution in [2.45, 2.75) is 25.5 Å². The Balaban J connectivity index is 2.79. The molecule has 0 heterocycles. The van der Waals surface area contributed by atoms with Gasteiger partial charge in [0.05, 0.1) is 12.1 Å². The summed E-state index contributed by atoms with van der Waals surface area (Å²) < 4.78 is 26.2. The minimum absolute atomic E-state index is 0.00641. The van der Waals surface area contributed by atoms with E-state index in [0.717, 1.165) is 18.2 Å². The average Bonchev–Trinajstić information content (AvgIpc) is 2.33. The lowest BCUT2D eigenvalue weighted by molar-refractivity contribution is 0.118. The third-order valence-corrected chi connectivity index (χ3v) is 2.75. The van der Waals surface area contributed by atoms with Crippen LogP contribution in [0.3, 0.4) is 0 Å². The quantitative estimate of drug-likeness (QED) is 0.606. The van der Waals surface area contributed by atoms with Crippen LogP contribution in [0.1, 0.15) is 12.5 Å². The molecule has 0 fully saturated rings. The largest absolute Gasteiger partial charge is 0.465 e. The second-order valence-electron chi connectivity index (χ2n) is 4.41. The number of hydrogen-bond donors (Lipinski definition) is 4. The number of aliphatic hydroxyl groups excluding tert-OH is 1. The minimum Gasteiger partial charge on any atom is -0.465 e. The van der Waals surface area contributed by atoms with Gasteiger partial charge in [-0.25, -0.2) is 13.6 Å². The standard InChI is InChI=1S/C13H18F2N2O3/c1-2-16-7-12(18)11(17-13(19)20)5-8-3-9(14)6-10(15)4-8/h3-4,6,11-12,16-18H,2,5,7H2,1H3,(H,19,20)/t11-,12+/m0/s1. The average molecular weight is 288 g/mol. The van der Waals surface area contributed by atoms with Gasteiger partial charge >= 0.3 is 6.09 Å². The van der Waals surface area contributed by atoms with Gasteiger partial charge in [-0.1, -0.05) is 6.92 Å². The summed E-state index contributed by atoms with van der Waals surface area (Å²) in [5, 5.41) is 23.7. The van der Waals surface area contributed by atoms with Crippen LogP contribution in [-0.2, 0) is 6.42 Å². The molecule has 2 atom stereocenters. The van der Waals surface area contributed by atoms with Gasteiger partial charge in [0.2, 0.25) is 0 Å². The lowest BCUT2D eigenvalue weighted by atomic mass is 10.0. The van der Waals surface area contributed by atoms with Crippen LogP contribution < -0.4 is 10.6 Å². The van der Waals surface area contributed by atoms with E-state index in [0.29, 0.717) is 6.54 Å². The van der Waals surface area contributed by atoms with Crippen molar-refractivity contribution in [3.05, 3.63) is 35.4 Å². The zero-order valence-electron chi connectivity index (χ0n) is 11.1. The SMILES string of the molecule is CCNC[C@@H](O)[C@H](Cc1cc(F)cc(F)c1)NC(=O)O. The number of amides is 1. The van der Waals surface area contributed by atoms with E-state index < -0.39 is 29.9 Å². The summed E-state index contributed by atoms with van der Waals surface area (Å²) in [4.78, 5) is 10.7. The van der Waals surface area contributed by atoms with Gasteiger partial charge in [0, 0.05) is 12.6 Å². The zero-order chi connectivity index (χ0) is 15.1. The Bertz CT molecular complexity index is 437. The summed E-state index contributed by atoms with van der Waals surface area (Å²) >= 11 is 0. The number of carbonyl (C=O) groups is 1. The van der Waals surface area contributed by atoms with E-state index in [1.54, 1.807) is 0 Å². The molecule has 0 aliphatic rings. The zero-order valence-corrected chi connectivity index (χ0v) is 11.1. The van der Waals surface area contributed by atoms with Gasteiger partial charge in [-0.3, -0.25) is 0 Å². The van der Waals surface area contributed by atoms with Crippen LogP contribution in [0.4, 0.5) is 13.6 Å². The summed E-state index contributed by atoms with van der Waals surface area (Å²) in [6, 6.07) is 2.10. The predicted octanol–water partition coefficient (Wildman–Crippen LogP) is 1.11. The minimum atomic E-state index is -1.30. The number of benzene rings is 1. The van der Waals surface area contributed by atoms with E-state index in [1.165, 1.54) is 0 Å². The maximum absolute atomic E-state index is 13.1. The summed E-state index contributed by atoms with van der Waals surface area (Å²) in [5.74, 6) is -1.48. The Hall–Kier alpha value is -1.73. The van der Waals surface area contributed by atoms with Crippen molar-refractivity contribution < 1.29 is 23.8 Å². The van der Waals surface area contributed by atoms with Crippen molar-refractivity contribution in [3.8, 4) is 0 Å². The summed E-state index contributed by atoms with van der Waals surface area (Å²) in [6.45, 7) is 2.64. The Labute approximate surface area is 115 Å². The molecular weight excluding hydrogens is 270 g/mol. The predicted molar refractivity (Wildman–Crippen MR) is 69.6 cm³/mol. The monoisotopic (exact) mass is 288 g/mol. The number of rotatable bonds is 7. The lowest BCUT2D eigenvalue weighted by Gasteiger charge is -2.23. The smallest absolute Gasteiger partial charge is 0.404 e. The highest BCUT2D eigenvalue weighted by Gasteiger charge is 2.21. The second-order valence-corrected chi connectivity index (χ2v) is 4.41. The van der Waals surface area contributed by atoms with Crippen LogP contribution >= 0.6 is 0 Å². The number of aliphatic hydroxyl groups is 1. The summed E-state index contributed by atoms with van der Waals surface area (Å²) in [7, 11) is 0. The van der Waals surface area contributed by atoms with Crippen molar-refractivity contribution in [2.24, 2.45) is 0 Å². The van der Waals surface area contributed by atoms with Gasteiger partial charge in [0.15, 0.2) is 0 Å². The maximum Gasteiger partial charge on any atom is 0.404 e. The van der Waals surface area contributed by atoms with Crippen molar-refractivity contribution in [2.75, 3.05) is 13.1 Å². The van der Waals surface area contributed by atoms with Crippen LogP contribution in [0.15, 0.2) is 18.2 Å². The molecule has 0 aliphatic carbocycles. The van der Waals surface area contributed by atoms with Crippen molar-refractivity contribution in [1.29, 1.82) is 0 Å². The number of halogens is 2. The van der Waals surface area contributed by atoms with Crippen LogP contribution in [-0.4, -0.2) is 41.5 Å². The van der Waals surface area contributed by atoms with Crippen molar-refractivity contribution in [3.63, 3.8) is 0 Å². The topological polar surface area (TPSA) is 81.6 Å². The first-order chi connectivity index (χ1) is 9.42. The van der Waals surface area contributed by atoms with Crippen molar-refractivity contribution in [1.82, 2.24) is 10.6 Å². The number of likely N-dealkylation sites (N-methyl/N-ethyl adjacent to an activating group) is 1. The molecule has 20 heavy (non-hydrogen) atoms. The number of carboxylic acid groups (broad SMARTS) is 1. The highest BCUT2D eigenvalue weighted by atomic mass is 19.1. The molecule has 5 nitrogen and oxygen atoms in total. The third kappa shape index (κ3) is 5.50. The molecule has 1 aromatic carbocycles. The van der Waals surface area contributed by atoms with Crippen LogP contribution in [0, 0.1) is 11.6 Å². The normalized spacial score (nSPS) is 13.8. The van der Waals surface area contributed by atoms with E-state index >= 15 is 0 Å². The van der Waals surface area contributed by atoms with E-state index in [-0.39, 0.29) is 18.5 Å². The van der Waals surface area contributed by atoms with Crippen molar-refractivity contribution >= 4 is 6.09 Å². The molecule has 0 aliphatic heterocycles. The third-order valence-electron chi connectivity index (χ3n) is 2.75. The molecule has 0 unspecified atom stereocenters. The van der Waals surface area contributed by atoms with Gasteiger partial charge in [-0.2, -0.15) is 0 Å². The molecule has 112 valence electrons. The Morgan fingerprint density at radius 1 is 1.30 bits per heavy atom. The maximum atomic E-state index is 13.1. The summed E-state index contributed by atoms with van der Waals surface area (Å²) in [6.07, 6.45) is -2.31. The highest BCUT2D eigenvalue weighted by molar-refractivity contribution is 5.65. The van der Waals surface area contributed by atoms with Gasteiger partial charge < -0.3 is 20.8 Å². The van der Waals surface area contributed by atoms with E-state index in [9.17, 15) is 18.7 Å². The molecule has 0 bridgehead atoms. The summed E-state index contributed by atoms with van der Waals surface area (Å²) in [5.41, 5.74) is 0.275. The highest BCUT2D eigenvalue weighted by Crippen LogP contribution is 2.11. The molecule has 4 N–H and O–H groups in total. The first-order valence-corrected chi connectivity index (χ1v) is 6.25. The van der Waals surface area contributed by atoms with E-state index in [2.05, 4.69) is 10.6 Å². The molecule has 0 saturated heterocycles. The Kier molecular flexibility index (Phi) is 6.33. The Morgan fingerprint density at radius 2 is 1.90 bits per heavy atom. The fraction of sp³-hybridized carbons (Fsp3) is 0.462. The second kappa shape index (κ2) is 7.76. The van der Waals surface area contributed by atoms with E-state index in [4.69, 9.17) is 5.11 Å². The first-order valence-electron chi connectivity index (χ1n) is 6.25. The number of nitrogens with one attached hydrogen (secondary N) is 2. The molecule has 0 aromatic heterocycles. The van der Waals surface area contributed by atoms with Crippen LogP contribution in [0.25, 0.3) is 0 Å². The molecule has 0 radical (unpaired) electrons. The molecule has 0 saturated carbocycles. The van der Waals surface area contributed by atoms with Gasteiger partial charge in [-0.15, -0.1) is 0 Å². The van der Waals surface area contributed by atoms with E-state index in [1.807, 2.05) is 6.92 Å². The molecule has 7 heteroatoms. The van der Waals surface area contributed by atoms with Gasteiger partial charge in [0.25, 0.3) is 0 Å².